The summed E-state index contributed by atoms with van der Waals surface area (Å²) in [6, 6.07) is 8.03. The molecule has 1 heterocycles. The summed E-state index contributed by atoms with van der Waals surface area (Å²) in [4.78, 5) is 12.5. The topological polar surface area (TPSA) is 38.3 Å². The van der Waals surface area contributed by atoms with Crippen LogP contribution in [-0.2, 0) is 14.9 Å². The SMILES string of the molecule is O=C(NCC1(c2cccc(Cl)c2)CCOCC1)[C@H]1CC=CCC1. The first-order valence-corrected chi connectivity index (χ1v) is 8.84. The molecule has 1 aliphatic carbocycles. The average Bonchev–Trinajstić information content (AvgIpc) is 2.61. The van der Waals surface area contributed by atoms with Crippen LogP contribution in [0.1, 0.15) is 37.7 Å². The lowest BCUT2D eigenvalue weighted by atomic mass is 9.74. The van der Waals surface area contributed by atoms with E-state index in [1.54, 1.807) is 0 Å². The molecule has 0 aromatic heterocycles. The van der Waals surface area contributed by atoms with Crippen LogP contribution in [0.15, 0.2) is 36.4 Å². The smallest absolute Gasteiger partial charge is 0.223 e. The number of hydrogen-bond acceptors (Lipinski definition) is 2. The lowest BCUT2D eigenvalue weighted by Crippen LogP contribution is -2.46. The Kier molecular flexibility index (Phi) is 5.39. The molecule has 1 N–H and O–H groups in total. The summed E-state index contributed by atoms with van der Waals surface area (Å²) in [7, 11) is 0. The second kappa shape index (κ2) is 7.50. The van der Waals surface area contributed by atoms with Crippen LogP contribution in [0.3, 0.4) is 0 Å². The van der Waals surface area contributed by atoms with Crippen LogP contribution in [0.2, 0.25) is 5.02 Å². The van der Waals surface area contributed by atoms with Gasteiger partial charge in [-0.3, -0.25) is 4.79 Å². The van der Waals surface area contributed by atoms with Crippen LogP contribution in [0.5, 0.6) is 0 Å². The molecule has 3 nitrogen and oxygen atoms in total. The van der Waals surface area contributed by atoms with Gasteiger partial charge in [-0.15, -0.1) is 0 Å². The van der Waals surface area contributed by atoms with Gasteiger partial charge in [0.2, 0.25) is 5.91 Å². The van der Waals surface area contributed by atoms with E-state index < -0.39 is 0 Å². The Labute approximate surface area is 143 Å². The number of rotatable bonds is 4. The summed E-state index contributed by atoms with van der Waals surface area (Å²) in [6.07, 6.45) is 8.93. The van der Waals surface area contributed by atoms with E-state index in [1.807, 2.05) is 18.2 Å². The lowest BCUT2D eigenvalue weighted by molar-refractivity contribution is -0.125. The van der Waals surface area contributed by atoms with Gasteiger partial charge in [-0.1, -0.05) is 35.9 Å². The quantitative estimate of drug-likeness (QED) is 0.850. The Hall–Kier alpha value is -1.32. The molecule has 1 saturated heterocycles. The van der Waals surface area contributed by atoms with Gasteiger partial charge >= 0.3 is 0 Å². The Balaban J connectivity index is 1.72. The van der Waals surface area contributed by atoms with Gasteiger partial charge in [-0.2, -0.15) is 0 Å². The van der Waals surface area contributed by atoms with E-state index in [0.717, 1.165) is 50.3 Å². The molecule has 1 aliphatic heterocycles. The predicted octanol–water partition coefficient (Wildman–Crippen LogP) is 3.86. The molecule has 124 valence electrons. The van der Waals surface area contributed by atoms with Crippen molar-refractivity contribution >= 4 is 17.5 Å². The molecule has 0 radical (unpaired) electrons. The minimum absolute atomic E-state index is 0.0662. The van der Waals surface area contributed by atoms with Gasteiger partial charge in [0.1, 0.15) is 0 Å². The van der Waals surface area contributed by atoms with Gasteiger partial charge < -0.3 is 10.1 Å². The summed E-state index contributed by atoms with van der Waals surface area (Å²) in [5.41, 5.74) is 1.14. The van der Waals surface area contributed by atoms with E-state index in [4.69, 9.17) is 16.3 Å². The summed E-state index contributed by atoms with van der Waals surface area (Å²) < 4.78 is 5.54. The molecule has 0 bridgehead atoms. The maximum Gasteiger partial charge on any atom is 0.223 e. The third-order valence-electron chi connectivity index (χ3n) is 5.13. The number of allylic oxidation sites excluding steroid dienone is 2. The number of ether oxygens (including phenoxy) is 1. The molecule has 23 heavy (non-hydrogen) atoms. The summed E-state index contributed by atoms with van der Waals surface area (Å²) in [5, 5.41) is 3.96. The van der Waals surface area contributed by atoms with E-state index in [1.165, 1.54) is 5.56 Å². The van der Waals surface area contributed by atoms with Crippen LogP contribution in [0, 0.1) is 5.92 Å². The predicted molar refractivity (Wildman–Crippen MR) is 92.7 cm³/mol. The van der Waals surface area contributed by atoms with E-state index in [2.05, 4.69) is 23.5 Å². The Morgan fingerprint density at radius 1 is 1.30 bits per heavy atom. The van der Waals surface area contributed by atoms with Gasteiger partial charge in [-0.25, -0.2) is 0 Å². The standard InChI is InChI=1S/C19H24ClNO2/c20-17-8-4-7-16(13-17)19(9-11-23-12-10-19)14-21-18(22)15-5-2-1-3-6-15/h1-2,4,7-8,13,15H,3,5-6,9-12,14H2,(H,21,22)/t15-/m0/s1. The largest absolute Gasteiger partial charge is 0.381 e. The van der Waals surface area contributed by atoms with Crippen LogP contribution >= 0.6 is 11.6 Å². The molecule has 1 aromatic carbocycles. The van der Waals surface area contributed by atoms with Crippen LogP contribution in [0.25, 0.3) is 0 Å². The molecular formula is C19H24ClNO2. The van der Waals surface area contributed by atoms with Gasteiger partial charge in [0, 0.05) is 36.1 Å². The molecule has 1 aromatic rings. The fourth-order valence-corrected chi connectivity index (χ4v) is 3.77. The molecular weight excluding hydrogens is 310 g/mol. The highest BCUT2D eigenvalue weighted by molar-refractivity contribution is 6.30. The maximum absolute atomic E-state index is 12.5. The van der Waals surface area contributed by atoms with Crippen molar-refractivity contribution in [3.05, 3.63) is 47.0 Å². The fraction of sp³-hybridized carbons (Fsp3) is 0.526. The first-order chi connectivity index (χ1) is 11.2. The number of carbonyl (C=O) groups excluding carboxylic acids is 1. The van der Waals surface area contributed by atoms with Crippen molar-refractivity contribution in [1.29, 1.82) is 0 Å². The Morgan fingerprint density at radius 2 is 2.13 bits per heavy atom. The molecule has 0 saturated carbocycles. The van der Waals surface area contributed by atoms with Gasteiger partial charge in [0.15, 0.2) is 0 Å². The van der Waals surface area contributed by atoms with Gasteiger partial charge in [0.25, 0.3) is 0 Å². The molecule has 3 rings (SSSR count). The third kappa shape index (κ3) is 3.96. The molecule has 2 aliphatic rings. The van der Waals surface area contributed by atoms with Crippen molar-refractivity contribution in [2.45, 2.75) is 37.5 Å². The molecule has 4 heteroatoms. The highest BCUT2D eigenvalue weighted by atomic mass is 35.5. The second-order valence-corrected chi connectivity index (χ2v) is 7.04. The van der Waals surface area contributed by atoms with Crippen molar-refractivity contribution < 1.29 is 9.53 Å². The third-order valence-corrected chi connectivity index (χ3v) is 5.36. The first kappa shape index (κ1) is 16.5. The lowest BCUT2D eigenvalue weighted by Gasteiger charge is -2.38. The average molecular weight is 334 g/mol. The minimum atomic E-state index is -0.0662. The number of halogens is 1. The summed E-state index contributed by atoms with van der Waals surface area (Å²) in [5.74, 6) is 0.304. The fourth-order valence-electron chi connectivity index (χ4n) is 3.58. The van der Waals surface area contributed by atoms with Crippen LogP contribution in [-0.4, -0.2) is 25.7 Å². The minimum Gasteiger partial charge on any atom is -0.381 e. The Morgan fingerprint density at radius 3 is 2.83 bits per heavy atom. The molecule has 1 amide bonds. The molecule has 1 atom stereocenters. The number of amides is 1. The van der Waals surface area contributed by atoms with Crippen LogP contribution < -0.4 is 5.32 Å². The number of benzene rings is 1. The van der Waals surface area contributed by atoms with E-state index in [-0.39, 0.29) is 17.2 Å². The van der Waals surface area contributed by atoms with Crippen molar-refractivity contribution in [3.8, 4) is 0 Å². The van der Waals surface area contributed by atoms with E-state index in [9.17, 15) is 4.79 Å². The summed E-state index contributed by atoms with van der Waals surface area (Å²) in [6.45, 7) is 2.12. The molecule has 1 fully saturated rings. The normalized spacial score (nSPS) is 23.4. The highest BCUT2D eigenvalue weighted by Gasteiger charge is 2.35. The molecule has 0 unspecified atom stereocenters. The van der Waals surface area contributed by atoms with Gasteiger partial charge in [-0.05, 0) is 49.8 Å². The maximum atomic E-state index is 12.5. The first-order valence-electron chi connectivity index (χ1n) is 8.46. The Bertz CT molecular complexity index is 578. The van der Waals surface area contributed by atoms with E-state index >= 15 is 0 Å². The van der Waals surface area contributed by atoms with Crippen molar-refractivity contribution in [3.63, 3.8) is 0 Å². The van der Waals surface area contributed by atoms with Crippen molar-refractivity contribution in [2.75, 3.05) is 19.8 Å². The zero-order valence-corrected chi connectivity index (χ0v) is 14.1. The van der Waals surface area contributed by atoms with Crippen LogP contribution in [0.4, 0.5) is 0 Å². The zero-order valence-electron chi connectivity index (χ0n) is 13.4. The second-order valence-electron chi connectivity index (χ2n) is 6.60. The number of nitrogens with one attached hydrogen (secondary N) is 1. The van der Waals surface area contributed by atoms with Crippen molar-refractivity contribution in [2.24, 2.45) is 5.92 Å². The summed E-state index contributed by atoms with van der Waals surface area (Å²) >= 11 is 6.18. The number of hydrogen-bond donors (Lipinski definition) is 1. The van der Waals surface area contributed by atoms with E-state index in [0.29, 0.717) is 6.54 Å². The van der Waals surface area contributed by atoms with Crippen molar-refractivity contribution in [1.82, 2.24) is 5.32 Å². The van der Waals surface area contributed by atoms with Gasteiger partial charge in [0.05, 0.1) is 0 Å². The zero-order chi connectivity index (χ0) is 16.1. The monoisotopic (exact) mass is 333 g/mol. The highest BCUT2D eigenvalue weighted by Crippen LogP contribution is 2.35. The number of carbonyl (C=O) groups is 1. The molecule has 0 spiro atoms.